The largest absolute Gasteiger partial charge is 0.472 e. The molecule has 26 heavy (non-hydrogen) atoms. The number of nitrogens with zero attached hydrogens (tertiary/aromatic N) is 4. The number of aromatic nitrogens is 3. The molecule has 9 heteroatoms. The fraction of sp³-hybridized carbons (Fsp3) is 0.118. The van der Waals surface area contributed by atoms with E-state index < -0.39 is 11.7 Å². The zero-order valence-electron chi connectivity index (χ0n) is 13.8. The van der Waals surface area contributed by atoms with Crippen molar-refractivity contribution in [1.29, 1.82) is 5.26 Å². The number of rotatable bonds is 4. The van der Waals surface area contributed by atoms with E-state index in [1.807, 2.05) is 6.07 Å². The van der Waals surface area contributed by atoms with Gasteiger partial charge in [-0.15, -0.1) is 5.10 Å². The molecule has 0 saturated heterocycles. The predicted molar refractivity (Wildman–Crippen MR) is 93.5 cm³/mol. The van der Waals surface area contributed by atoms with E-state index in [1.165, 1.54) is 25.4 Å². The number of nitrogens with one attached hydrogen (secondary N) is 1. The number of carbonyl (C=O) groups is 1. The summed E-state index contributed by atoms with van der Waals surface area (Å²) >= 11 is 1.06. The molecular formula is C17H12FN5O2S. The highest BCUT2D eigenvalue weighted by Gasteiger charge is 2.19. The Labute approximate surface area is 152 Å². The average Bonchev–Trinajstić information content (AvgIpc) is 3.08. The number of hydrogen-bond donors (Lipinski definition) is 1. The van der Waals surface area contributed by atoms with E-state index in [1.54, 1.807) is 19.1 Å². The van der Waals surface area contributed by atoms with Crippen LogP contribution in [0, 0.1) is 24.1 Å². The normalized spacial score (nSPS) is 10.2. The maximum absolute atomic E-state index is 14.0. The summed E-state index contributed by atoms with van der Waals surface area (Å²) in [6.45, 7) is 1.74. The summed E-state index contributed by atoms with van der Waals surface area (Å²) < 4.78 is 18.9. The first kappa shape index (κ1) is 17.4. The number of benzene rings is 1. The smallest absolute Gasteiger partial charge is 0.295 e. The minimum atomic E-state index is -0.653. The molecule has 7 nitrogen and oxygen atoms in total. The molecule has 3 rings (SSSR count). The molecule has 0 atom stereocenters. The SMILES string of the molecule is COc1nnc(NC(=O)c2cnc(C)cc2-c2cccc(F)c2C#N)s1. The third kappa shape index (κ3) is 3.36. The molecule has 0 aliphatic carbocycles. The van der Waals surface area contributed by atoms with Crippen LogP contribution in [-0.4, -0.2) is 28.2 Å². The maximum atomic E-state index is 14.0. The fourth-order valence-electron chi connectivity index (χ4n) is 2.33. The van der Waals surface area contributed by atoms with Gasteiger partial charge < -0.3 is 4.74 Å². The van der Waals surface area contributed by atoms with E-state index in [9.17, 15) is 14.4 Å². The monoisotopic (exact) mass is 369 g/mol. The quantitative estimate of drug-likeness (QED) is 0.758. The first-order chi connectivity index (χ1) is 12.5. The zero-order chi connectivity index (χ0) is 18.7. The lowest BCUT2D eigenvalue weighted by Crippen LogP contribution is -2.14. The summed E-state index contributed by atoms with van der Waals surface area (Å²) in [5.41, 5.74) is 1.40. The highest BCUT2D eigenvalue weighted by molar-refractivity contribution is 7.17. The van der Waals surface area contributed by atoms with Gasteiger partial charge in [0.05, 0.1) is 18.2 Å². The van der Waals surface area contributed by atoms with Crippen molar-refractivity contribution in [1.82, 2.24) is 15.2 Å². The molecule has 3 aromatic rings. The summed E-state index contributed by atoms with van der Waals surface area (Å²) in [4.78, 5) is 16.8. The molecule has 0 aliphatic rings. The van der Waals surface area contributed by atoms with Crippen molar-refractivity contribution in [2.24, 2.45) is 0 Å². The Morgan fingerprint density at radius 3 is 2.85 bits per heavy atom. The van der Waals surface area contributed by atoms with Gasteiger partial charge in [0.2, 0.25) is 5.13 Å². The second kappa shape index (κ2) is 7.25. The van der Waals surface area contributed by atoms with Gasteiger partial charge in [-0.05, 0) is 36.0 Å². The lowest BCUT2D eigenvalue weighted by Gasteiger charge is -2.11. The first-order valence-electron chi connectivity index (χ1n) is 7.38. The minimum absolute atomic E-state index is 0.135. The van der Waals surface area contributed by atoms with Crippen molar-refractivity contribution < 1.29 is 13.9 Å². The molecule has 0 aliphatic heterocycles. The van der Waals surface area contributed by atoms with Gasteiger partial charge in [0.15, 0.2) is 0 Å². The van der Waals surface area contributed by atoms with Gasteiger partial charge in [0.25, 0.3) is 11.1 Å². The summed E-state index contributed by atoms with van der Waals surface area (Å²) in [5.74, 6) is -1.15. The Kier molecular flexibility index (Phi) is 4.86. The van der Waals surface area contributed by atoms with Gasteiger partial charge in [-0.25, -0.2) is 4.39 Å². The Hall–Kier alpha value is -3.38. The third-order valence-electron chi connectivity index (χ3n) is 3.50. The van der Waals surface area contributed by atoms with Crippen LogP contribution in [-0.2, 0) is 0 Å². The number of carbonyl (C=O) groups excluding carboxylic acids is 1. The highest BCUT2D eigenvalue weighted by atomic mass is 32.1. The van der Waals surface area contributed by atoms with E-state index in [4.69, 9.17) is 4.74 Å². The summed E-state index contributed by atoms with van der Waals surface area (Å²) in [6.07, 6.45) is 1.38. The molecule has 0 fully saturated rings. The van der Waals surface area contributed by atoms with Gasteiger partial charge >= 0.3 is 0 Å². The average molecular weight is 369 g/mol. The summed E-state index contributed by atoms with van der Waals surface area (Å²) in [5, 5.41) is 20.0. The summed E-state index contributed by atoms with van der Waals surface area (Å²) in [6, 6.07) is 7.74. The van der Waals surface area contributed by atoms with E-state index in [2.05, 4.69) is 20.5 Å². The molecule has 0 saturated carbocycles. The number of ether oxygens (including phenoxy) is 1. The maximum Gasteiger partial charge on any atom is 0.295 e. The molecule has 2 heterocycles. The van der Waals surface area contributed by atoms with Gasteiger partial charge in [-0.2, -0.15) is 5.26 Å². The molecule has 0 radical (unpaired) electrons. The molecule has 1 amide bonds. The molecule has 130 valence electrons. The van der Waals surface area contributed by atoms with Gasteiger partial charge in [0.1, 0.15) is 11.9 Å². The third-order valence-corrected chi connectivity index (χ3v) is 4.30. The standard InChI is InChI=1S/C17H12FN5O2S/c1-9-6-11(10-4-3-5-14(18)12(10)7-19)13(8-20-9)15(24)21-16-22-23-17(25-2)26-16/h3-6,8H,1-2H3,(H,21,22,24). The predicted octanol–water partition coefficient (Wildman–Crippen LogP) is 3.18. The second-order valence-electron chi connectivity index (χ2n) is 5.18. The van der Waals surface area contributed by atoms with Crippen LogP contribution in [0.5, 0.6) is 5.19 Å². The Bertz CT molecular complexity index is 1030. The van der Waals surface area contributed by atoms with Crippen LogP contribution < -0.4 is 10.1 Å². The molecule has 0 unspecified atom stereocenters. The van der Waals surface area contributed by atoms with Crippen LogP contribution in [0.2, 0.25) is 0 Å². The van der Waals surface area contributed by atoms with Crippen molar-refractivity contribution in [3.8, 4) is 22.4 Å². The number of pyridine rings is 1. The van der Waals surface area contributed by atoms with Gasteiger partial charge in [0, 0.05) is 17.5 Å². The van der Waals surface area contributed by atoms with Crippen LogP contribution in [0.15, 0.2) is 30.5 Å². The Morgan fingerprint density at radius 1 is 1.35 bits per heavy atom. The van der Waals surface area contributed by atoms with Crippen LogP contribution >= 0.6 is 11.3 Å². The van der Waals surface area contributed by atoms with Crippen molar-refractivity contribution in [3.05, 3.63) is 53.1 Å². The lowest BCUT2D eigenvalue weighted by molar-refractivity contribution is 0.102. The molecule has 2 aromatic heterocycles. The number of anilines is 1. The zero-order valence-corrected chi connectivity index (χ0v) is 14.6. The minimum Gasteiger partial charge on any atom is -0.472 e. The van der Waals surface area contributed by atoms with Crippen molar-refractivity contribution in [3.63, 3.8) is 0 Å². The van der Waals surface area contributed by atoms with E-state index >= 15 is 0 Å². The number of hydrogen-bond acceptors (Lipinski definition) is 7. The van der Waals surface area contributed by atoms with Crippen LogP contribution in [0.25, 0.3) is 11.1 Å². The fourth-order valence-corrected chi connectivity index (χ4v) is 2.89. The molecule has 0 spiro atoms. The molecular weight excluding hydrogens is 357 g/mol. The van der Waals surface area contributed by atoms with E-state index in [-0.39, 0.29) is 16.3 Å². The number of amides is 1. The van der Waals surface area contributed by atoms with Gasteiger partial charge in [-0.3, -0.25) is 15.1 Å². The number of halogens is 1. The number of methoxy groups -OCH3 is 1. The molecule has 1 N–H and O–H groups in total. The van der Waals surface area contributed by atoms with Gasteiger partial charge in [-0.1, -0.05) is 17.2 Å². The summed E-state index contributed by atoms with van der Waals surface area (Å²) in [7, 11) is 1.45. The Morgan fingerprint density at radius 2 is 2.15 bits per heavy atom. The number of aryl methyl sites for hydroxylation is 1. The van der Waals surface area contributed by atoms with Crippen molar-refractivity contribution in [2.75, 3.05) is 12.4 Å². The van der Waals surface area contributed by atoms with E-state index in [0.717, 1.165) is 11.3 Å². The van der Waals surface area contributed by atoms with Crippen LogP contribution in [0.1, 0.15) is 21.6 Å². The van der Waals surface area contributed by atoms with Crippen LogP contribution in [0.3, 0.4) is 0 Å². The highest BCUT2D eigenvalue weighted by Crippen LogP contribution is 2.30. The molecule has 1 aromatic carbocycles. The number of nitriles is 1. The van der Waals surface area contributed by atoms with E-state index in [0.29, 0.717) is 22.0 Å². The lowest BCUT2D eigenvalue weighted by atomic mass is 9.96. The van der Waals surface area contributed by atoms with Crippen molar-refractivity contribution in [2.45, 2.75) is 6.92 Å². The topological polar surface area (TPSA) is 101 Å². The van der Waals surface area contributed by atoms with Crippen molar-refractivity contribution >= 4 is 22.4 Å². The second-order valence-corrected chi connectivity index (χ2v) is 6.12. The Balaban J connectivity index is 2.05. The first-order valence-corrected chi connectivity index (χ1v) is 8.19. The van der Waals surface area contributed by atoms with Crippen LogP contribution in [0.4, 0.5) is 9.52 Å². The molecule has 0 bridgehead atoms.